The Hall–Kier alpha value is -2.09. The van der Waals surface area contributed by atoms with E-state index in [1.807, 2.05) is 12.4 Å². The van der Waals surface area contributed by atoms with Gasteiger partial charge < -0.3 is 15.4 Å². The van der Waals surface area contributed by atoms with E-state index < -0.39 is 0 Å². The highest BCUT2D eigenvalue weighted by Crippen LogP contribution is 2.24. The minimum atomic E-state index is 0.274. The van der Waals surface area contributed by atoms with Crippen molar-refractivity contribution in [3.8, 4) is 0 Å². The maximum Gasteiger partial charge on any atom is 0.132 e. The molecule has 2 N–H and O–H groups in total. The zero-order chi connectivity index (χ0) is 17.6. The van der Waals surface area contributed by atoms with E-state index in [1.165, 1.54) is 16.8 Å². The summed E-state index contributed by atoms with van der Waals surface area (Å²) in [6, 6.07) is 4.48. The Kier molecular flexibility index (Phi) is 5.68. The summed E-state index contributed by atoms with van der Waals surface area (Å²) in [7, 11) is 0. The fraction of sp³-hybridized carbons (Fsp3) is 0.526. The second-order valence-corrected chi connectivity index (χ2v) is 6.72. The Balaban J connectivity index is 1.53. The van der Waals surface area contributed by atoms with Gasteiger partial charge in [-0.25, -0.2) is 9.97 Å². The van der Waals surface area contributed by atoms with Gasteiger partial charge in [0.1, 0.15) is 12.1 Å². The highest BCUT2D eigenvalue weighted by Gasteiger charge is 2.23. The summed E-state index contributed by atoms with van der Waals surface area (Å²) in [6.45, 7) is 6.23. The highest BCUT2D eigenvalue weighted by atomic mass is 16.5. The van der Waals surface area contributed by atoms with Gasteiger partial charge in [-0.3, -0.25) is 9.88 Å². The molecule has 26 heavy (non-hydrogen) atoms. The Labute approximate surface area is 154 Å². The molecule has 0 aromatic carbocycles. The number of morpholine rings is 1. The van der Waals surface area contributed by atoms with Crippen molar-refractivity contribution in [2.24, 2.45) is 0 Å². The van der Waals surface area contributed by atoms with Gasteiger partial charge in [0.15, 0.2) is 0 Å². The van der Waals surface area contributed by atoms with Gasteiger partial charge in [-0.1, -0.05) is 0 Å². The van der Waals surface area contributed by atoms with Crippen molar-refractivity contribution in [3.63, 3.8) is 0 Å². The van der Waals surface area contributed by atoms with Crippen LogP contribution in [0, 0.1) is 0 Å². The number of ether oxygens (including phenoxy) is 1. The van der Waals surface area contributed by atoms with E-state index in [4.69, 9.17) is 4.74 Å². The molecular formula is C19H26N6O. The number of anilines is 1. The van der Waals surface area contributed by atoms with Crippen LogP contribution in [0.3, 0.4) is 0 Å². The van der Waals surface area contributed by atoms with Gasteiger partial charge in [0.05, 0.1) is 24.9 Å². The molecule has 0 radical (unpaired) electrons. The molecule has 4 rings (SSSR count). The second kappa shape index (κ2) is 8.53. The average Bonchev–Trinajstić information content (AvgIpc) is 2.96. The summed E-state index contributed by atoms with van der Waals surface area (Å²) in [5.41, 5.74) is 3.70. The summed E-state index contributed by atoms with van der Waals surface area (Å²) in [5, 5.41) is 7.05. The first-order valence-electron chi connectivity index (χ1n) is 9.41. The molecule has 1 unspecified atom stereocenters. The molecule has 0 saturated carbocycles. The molecule has 138 valence electrons. The van der Waals surface area contributed by atoms with Gasteiger partial charge in [-0.05, 0) is 30.7 Å². The minimum absolute atomic E-state index is 0.274. The van der Waals surface area contributed by atoms with Crippen molar-refractivity contribution in [1.29, 1.82) is 0 Å². The zero-order valence-corrected chi connectivity index (χ0v) is 15.0. The van der Waals surface area contributed by atoms with E-state index in [0.29, 0.717) is 0 Å². The molecule has 2 aliphatic heterocycles. The first-order valence-corrected chi connectivity index (χ1v) is 9.41. The normalized spacial score (nSPS) is 19.4. The number of hydrogen-bond donors (Lipinski definition) is 2. The lowest BCUT2D eigenvalue weighted by molar-refractivity contribution is 0.0187. The molecule has 7 heteroatoms. The Morgan fingerprint density at radius 3 is 2.77 bits per heavy atom. The predicted octanol–water partition coefficient (Wildman–Crippen LogP) is 1.05. The van der Waals surface area contributed by atoms with Gasteiger partial charge >= 0.3 is 0 Å². The number of hydrogen-bond acceptors (Lipinski definition) is 7. The first-order chi connectivity index (χ1) is 12.9. The van der Waals surface area contributed by atoms with Crippen LogP contribution in [0.2, 0.25) is 0 Å². The number of rotatable bonds is 5. The first kappa shape index (κ1) is 17.3. The van der Waals surface area contributed by atoms with Gasteiger partial charge in [-0.2, -0.15) is 0 Å². The fourth-order valence-corrected chi connectivity index (χ4v) is 3.75. The molecule has 1 saturated heterocycles. The van der Waals surface area contributed by atoms with Crippen molar-refractivity contribution in [1.82, 2.24) is 25.2 Å². The largest absolute Gasteiger partial charge is 0.379 e. The summed E-state index contributed by atoms with van der Waals surface area (Å²) in [4.78, 5) is 15.7. The van der Waals surface area contributed by atoms with Crippen molar-refractivity contribution in [2.75, 3.05) is 51.3 Å². The van der Waals surface area contributed by atoms with Crippen LogP contribution in [0.15, 0.2) is 30.9 Å². The fourth-order valence-electron chi connectivity index (χ4n) is 3.75. The van der Waals surface area contributed by atoms with Crippen LogP contribution in [-0.4, -0.2) is 65.8 Å². The third-order valence-corrected chi connectivity index (χ3v) is 5.17. The van der Waals surface area contributed by atoms with E-state index in [0.717, 1.165) is 64.6 Å². The maximum absolute atomic E-state index is 5.53. The predicted molar refractivity (Wildman–Crippen MR) is 100 cm³/mol. The third-order valence-electron chi connectivity index (χ3n) is 5.17. The van der Waals surface area contributed by atoms with Gasteiger partial charge in [0.2, 0.25) is 0 Å². The topological polar surface area (TPSA) is 75.2 Å². The molecule has 7 nitrogen and oxygen atoms in total. The van der Waals surface area contributed by atoms with Crippen molar-refractivity contribution in [2.45, 2.75) is 18.9 Å². The van der Waals surface area contributed by atoms with E-state index in [2.05, 4.69) is 42.6 Å². The summed E-state index contributed by atoms with van der Waals surface area (Å²) in [6.07, 6.45) is 7.35. The lowest BCUT2D eigenvalue weighted by Gasteiger charge is -2.35. The second-order valence-electron chi connectivity index (χ2n) is 6.72. The van der Waals surface area contributed by atoms with E-state index in [1.54, 1.807) is 6.33 Å². The molecule has 0 spiro atoms. The van der Waals surface area contributed by atoms with Crippen LogP contribution in [-0.2, 0) is 17.6 Å². The number of aromatic nitrogens is 3. The maximum atomic E-state index is 5.53. The SMILES string of the molecule is c1cc(C(CNc2ncnc3c2CCNCC3)N2CCOCC2)ccn1. The number of pyridine rings is 1. The zero-order valence-electron chi connectivity index (χ0n) is 15.0. The van der Waals surface area contributed by atoms with Crippen LogP contribution in [0.1, 0.15) is 22.9 Å². The number of fused-ring (bicyclic) bond motifs is 1. The molecule has 0 amide bonds. The van der Waals surface area contributed by atoms with E-state index in [9.17, 15) is 0 Å². The van der Waals surface area contributed by atoms with Crippen LogP contribution in [0.5, 0.6) is 0 Å². The summed E-state index contributed by atoms with van der Waals surface area (Å²) in [5.74, 6) is 0.978. The number of nitrogens with one attached hydrogen (secondary N) is 2. The molecule has 4 heterocycles. The number of nitrogens with zero attached hydrogens (tertiary/aromatic N) is 4. The summed E-state index contributed by atoms with van der Waals surface area (Å²) < 4.78 is 5.53. The van der Waals surface area contributed by atoms with Crippen molar-refractivity contribution in [3.05, 3.63) is 47.7 Å². The average molecular weight is 354 g/mol. The monoisotopic (exact) mass is 354 g/mol. The van der Waals surface area contributed by atoms with Gasteiger partial charge in [0.25, 0.3) is 0 Å². The summed E-state index contributed by atoms with van der Waals surface area (Å²) >= 11 is 0. The smallest absolute Gasteiger partial charge is 0.132 e. The molecule has 0 aliphatic carbocycles. The molecule has 0 bridgehead atoms. The van der Waals surface area contributed by atoms with Crippen LogP contribution >= 0.6 is 0 Å². The molecular weight excluding hydrogens is 328 g/mol. The Morgan fingerprint density at radius 1 is 1.12 bits per heavy atom. The van der Waals surface area contributed by atoms with Crippen LogP contribution in [0.25, 0.3) is 0 Å². The lowest BCUT2D eigenvalue weighted by Crippen LogP contribution is -2.41. The quantitative estimate of drug-likeness (QED) is 0.831. The Morgan fingerprint density at radius 2 is 1.92 bits per heavy atom. The van der Waals surface area contributed by atoms with E-state index in [-0.39, 0.29) is 6.04 Å². The molecule has 1 atom stereocenters. The Bertz CT molecular complexity index is 704. The lowest BCUT2D eigenvalue weighted by atomic mass is 10.1. The molecule has 2 aromatic heterocycles. The van der Waals surface area contributed by atoms with Crippen LogP contribution < -0.4 is 10.6 Å². The van der Waals surface area contributed by atoms with E-state index >= 15 is 0 Å². The van der Waals surface area contributed by atoms with Crippen molar-refractivity contribution >= 4 is 5.82 Å². The van der Waals surface area contributed by atoms with Crippen LogP contribution in [0.4, 0.5) is 5.82 Å². The standard InChI is InChI=1S/C19H26N6O/c1-5-20-6-2-15(1)18(25-9-11-26-12-10-25)13-22-19-16-3-7-21-8-4-17(16)23-14-24-19/h1-2,5-6,14,18,21H,3-4,7-13H2,(H,22,23,24). The van der Waals surface area contributed by atoms with Crippen molar-refractivity contribution < 1.29 is 4.74 Å². The molecule has 1 fully saturated rings. The molecule has 2 aromatic rings. The van der Waals surface area contributed by atoms with Gasteiger partial charge in [-0.15, -0.1) is 0 Å². The third kappa shape index (κ3) is 4.00. The van der Waals surface area contributed by atoms with Gasteiger partial charge in [0, 0.05) is 50.6 Å². The minimum Gasteiger partial charge on any atom is -0.379 e. The highest BCUT2D eigenvalue weighted by molar-refractivity contribution is 5.47. The molecule has 2 aliphatic rings.